The van der Waals surface area contributed by atoms with Crippen LogP contribution < -0.4 is 5.32 Å². The molecule has 1 saturated carbocycles. The van der Waals surface area contributed by atoms with Gasteiger partial charge in [0.1, 0.15) is 0 Å². The lowest BCUT2D eigenvalue weighted by Gasteiger charge is -2.35. The highest BCUT2D eigenvalue weighted by molar-refractivity contribution is 4.80. The van der Waals surface area contributed by atoms with E-state index in [0.717, 1.165) is 17.9 Å². The van der Waals surface area contributed by atoms with Gasteiger partial charge in [0.15, 0.2) is 0 Å². The van der Waals surface area contributed by atoms with Gasteiger partial charge in [0.25, 0.3) is 0 Å². The molecule has 0 aromatic rings. The normalized spacial score (nSPS) is 25.8. The zero-order valence-corrected chi connectivity index (χ0v) is 11.8. The maximum Gasteiger partial charge on any atom is 0.00679 e. The lowest BCUT2D eigenvalue weighted by molar-refractivity contribution is 0.167. The summed E-state index contributed by atoms with van der Waals surface area (Å²) in [4.78, 5) is 2.58. The fourth-order valence-corrected chi connectivity index (χ4v) is 3.23. The molecule has 1 atom stereocenters. The van der Waals surface area contributed by atoms with Gasteiger partial charge in [0.2, 0.25) is 0 Å². The molecule has 2 rings (SSSR count). The largest absolute Gasteiger partial charge is 0.314 e. The van der Waals surface area contributed by atoms with Crippen molar-refractivity contribution in [1.29, 1.82) is 0 Å². The molecule has 2 fully saturated rings. The van der Waals surface area contributed by atoms with Crippen LogP contribution in [0.3, 0.4) is 0 Å². The summed E-state index contributed by atoms with van der Waals surface area (Å²) in [5.74, 6) is 1.97. The average Bonchev–Trinajstić information content (AvgIpc) is 2.32. The van der Waals surface area contributed by atoms with Crippen LogP contribution in [0.5, 0.6) is 0 Å². The van der Waals surface area contributed by atoms with E-state index in [1.54, 1.807) is 0 Å². The van der Waals surface area contributed by atoms with Crippen molar-refractivity contribution in [1.82, 2.24) is 10.2 Å². The molecule has 0 aromatic carbocycles. The Bertz CT molecular complexity index is 205. The van der Waals surface area contributed by atoms with Crippen LogP contribution >= 0.6 is 0 Å². The second kappa shape index (κ2) is 6.75. The van der Waals surface area contributed by atoms with Gasteiger partial charge in [-0.15, -0.1) is 0 Å². The van der Waals surface area contributed by atoms with E-state index in [1.165, 1.54) is 64.7 Å². The number of nitrogens with one attached hydrogen (secondary N) is 1. The quantitative estimate of drug-likeness (QED) is 0.765. The van der Waals surface area contributed by atoms with Gasteiger partial charge < -0.3 is 10.2 Å². The Hall–Kier alpha value is -0.0800. The van der Waals surface area contributed by atoms with Crippen LogP contribution in [0.1, 0.15) is 52.4 Å². The van der Waals surface area contributed by atoms with Gasteiger partial charge in [-0.05, 0) is 64.2 Å². The first-order valence-electron chi connectivity index (χ1n) is 7.75. The minimum atomic E-state index is 0.731. The third-order valence-corrected chi connectivity index (χ3v) is 5.03. The highest BCUT2D eigenvalue weighted by Crippen LogP contribution is 2.29. The number of piperidine rings is 1. The zero-order chi connectivity index (χ0) is 12.1. The number of hydrogen-bond donors (Lipinski definition) is 1. The second-order valence-corrected chi connectivity index (χ2v) is 6.10. The Morgan fingerprint density at radius 2 is 1.88 bits per heavy atom. The topological polar surface area (TPSA) is 15.3 Å². The highest BCUT2D eigenvalue weighted by Gasteiger charge is 2.23. The van der Waals surface area contributed by atoms with E-state index >= 15 is 0 Å². The summed E-state index contributed by atoms with van der Waals surface area (Å²) in [6.45, 7) is 9.79. The SMILES string of the molecule is CCN1CCC(C(C)NCCC2CCC2)CC1. The molecule has 0 amide bonds. The predicted octanol–water partition coefficient (Wildman–Crippen LogP) is 2.89. The van der Waals surface area contributed by atoms with Crippen LogP contribution in [-0.2, 0) is 0 Å². The highest BCUT2D eigenvalue weighted by atomic mass is 15.1. The Morgan fingerprint density at radius 1 is 1.18 bits per heavy atom. The number of likely N-dealkylation sites (tertiary alicyclic amines) is 1. The van der Waals surface area contributed by atoms with Crippen molar-refractivity contribution in [3.05, 3.63) is 0 Å². The molecule has 0 aromatic heterocycles. The molecule has 0 bridgehead atoms. The molecule has 0 spiro atoms. The first kappa shape index (κ1) is 13.4. The van der Waals surface area contributed by atoms with Crippen molar-refractivity contribution < 1.29 is 0 Å². The third kappa shape index (κ3) is 3.96. The molecule has 17 heavy (non-hydrogen) atoms. The van der Waals surface area contributed by atoms with Crippen molar-refractivity contribution >= 4 is 0 Å². The molecule has 100 valence electrons. The van der Waals surface area contributed by atoms with Gasteiger partial charge in [0.05, 0.1) is 0 Å². The molecule has 2 aliphatic rings. The molecule has 1 aliphatic carbocycles. The van der Waals surface area contributed by atoms with Crippen LogP contribution in [0.2, 0.25) is 0 Å². The van der Waals surface area contributed by atoms with E-state index in [9.17, 15) is 0 Å². The summed E-state index contributed by atoms with van der Waals surface area (Å²) in [5, 5.41) is 3.77. The van der Waals surface area contributed by atoms with Crippen LogP contribution in [0.4, 0.5) is 0 Å². The average molecular weight is 238 g/mol. The van der Waals surface area contributed by atoms with Crippen molar-refractivity contribution in [2.75, 3.05) is 26.2 Å². The molecular weight excluding hydrogens is 208 g/mol. The molecule has 1 saturated heterocycles. The maximum absolute atomic E-state index is 3.77. The third-order valence-electron chi connectivity index (χ3n) is 5.03. The Morgan fingerprint density at radius 3 is 2.41 bits per heavy atom. The number of rotatable bonds is 6. The molecule has 0 radical (unpaired) electrons. The van der Waals surface area contributed by atoms with Gasteiger partial charge >= 0.3 is 0 Å². The first-order valence-corrected chi connectivity index (χ1v) is 7.75. The molecule has 2 nitrogen and oxygen atoms in total. The van der Waals surface area contributed by atoms with E-state index in [-0.39, 0.29) is 0 Å². The van der Waals surface area contributed by atoms with Crippen LogP contribution in [0.15, 0.2) is 0 Å². The lowest BCUT2D eigenvalue weighted by Crippen LogP contribution is -2.42. The van der Waals surface area contributed by atoms with Gasteiger partial charge in [-0.3, -0.25) is 0 Å². The standard InChI is InChI=1S/C15H30N2/c1-3-17-11-8-15(9-12-17)13(2)16-10-7-14-5-4-6-14/h13-16H,3-12H2,1-2H3. The molecule has 1 heterocycles. The van der Waals surface area contributed by atoms with Gasteiger partial charge in [0, 0.05) is 6.04 Å². The summed E-state index contributed by atoms with van der Waals surface area (Å²) in [6, 6.07) is 0.731. The summed E-state index contributed by atoms with van der Waals surface area (Å²) in [6.07, 6.45) is 8.67. The number of nitrogens with zero attached hydrogens (tertiary/aromatic N) is 1. The van der Waals surface area contributed by atoms with Gasteiger partial charge in [-0.2, -0.15) is 0 Å². The molecular formula is C15H30N2. The minimum absolute atomic E-state index is 0.731. The van der Waals surface area contributed by atoms with Crippen LogP contribution in [-0.4, -0.2) is 37.1 Å². The first-order chi connectivity index (χ1) is 8.29. The smallest absolute Gasteiger partial charge is 0.00679 e. The van der Waals surface area contributed by atoms with Gasteiger partial charge in [-0.1, -0.05) is 26.2 Å². The Labute approximate surface area is 107 Å². The maximum atomic E-state index is 3.77. The van der Waals surface area contributed by atoms with Crippen molar-refractivity contribution in [3.8, 4) is 0 Å². The number of hydrogen-bond acceptors (Lipinski definition) is 2. The molecule has 1 aliphatic heterocycles. The summed E-state index contributed by atoms with van der Waals surface area (Å²) >= 11 is 0. The van der Waals surface area contributed by atoms with Crippen molar-refractivity contribution in [3.63, 3.8) is 0 Å². The van der Waals surface area contributed by atoms with Crippen LogP contribution in [0, 0.1) is 11.8 Å². The minimum Gasteiger partial charge on any atom is -0.314 e. The zero-order valence-electron chi connectivity index (χ0n) is 11.8. The van der Waals surface area contributed by atoms with E-state index in [2.05, 4.69) is 24.1 Å². The van der Waals surface area contributed by atoms with E-state index in [1.807, 2.05) is 0 Å². The van der Waals surface area contributed by atoms with E-state index < -0.39 is 0 Å². The fraction of sp³-hybridized carbons (Fsp3) is 1.00. The predicted molar refractivity (Wildman–Crippen MR) is 74.3 cm³/mol. The van der Waals surface area contributed by atoms with E-state index in [0.29, 0.717) is 0 Å². The fourth-order valence-electron chi connectivity index (χ4n) is 3.23. The van der Waals surface area contributed by atoms with Gasteiger partial charge in [-0.25, -0.2) is 0 Å². The summed E-state index contributed by atoms with van der Waals surface area (Å²) < 4.78 is 0. The van der Waals surface area contributed by atoms with Crippen molar-refractivity contribution in [2.45, 2.75) is 58.4 Å². The summed E-state index contributed by atoms with van der Waals surface area (Å²) in [5.41, 5.74) is 0. The molecule has 1 unspecified atom stereocenters. The Balaban J connectivity index is 1.57. The Kier molecular flexibility index (Phi) is 5.30. The molecule has 2 heteroatoms. The second-order valence-electron chi connectivity index (χ2n) is 6.10. The van der Waals surface area contributed by atoms with Crippen LogP contribution in [0.25, 0.3) is 0 Å². The van der Waals surface area contributed by atoms with Crippen molar-refractivity contribution in [2.24, 2.45) is 11.8 Å². The summed E-state index contributed by atoms with van der Waals surface area (Å²) in [7, 11) is 0. The lowest BCUT2D eigenvalue weighted by atomic mass is 9.83. The molecule has 1 N–H and O–H groups in total. The van der Waals surface area contributed by atoms with E-state index in [4.69, 9.17) is 0 Å². The monoisotopic (exact) mass is 238 g/mol.